The average Bonchev–Trinajstić information content (AvgIpc) is 2.74. The molecule has 2 N–H and O–H groups in total. The highest BCUT2D eigenvalue weighted by molar-refractivity contribution is 7.11. The number of rotatable bonds is 3. The van der Waals surface area contributed by atoms with Crippen molar-refractivity contribution in [1.29, 1.82) is 0 Å². The molecule has 0 fully saturated rings. The second-order valence-corrected chi connectivity index (χ2v) is 3.73. The molecule has 0 aliphatic heterocycles. The van der Waals surface area contributed by atoms with Gasteiger partial charge in [0, 0.05) is 18.1 Å². The molecular weight excluding hydrogens is 215 g/mol. The molecule has 15 heavy (non-hydrogen) atoms. The molecule has 0 aliphatic carbocycles. The normalized spacial score (nSPS) is 10.3. The highest BCUT2D eigenvalue weighted by atomic mass is 32.1. The molecule has 0 saturated heterocycles. The Kier molecular flexibility index (Phi) is 2.94. The van der Waals surface area contributed by atoms with Crippen molar-refractivity contribution in [3.05, 3.63) is 41.2 Å². The molecule has 0 bridgehead atoms. The molecular formula is C10H9FN2OS. The van der Waals surface area contributed by atoms with Gasteiger partial charge in [0.1, 0.15) is 0 Å². The molecule has 5 heteroatoms. The van der Waals surface area contributed by atoms with Gasteiger partial charge in [-0.2, -0.15) is 0 Å². The minimum Gasteiger partial charge on any atom is -0.428 e. The number of aromatic nitrogens is 1. The summed E-state index contributed by atoms with van der Waals surface area (Å²) in [5.74, 6) is -0.254. The Morgan fingerprint density at radius 3 is 2.93 bits per heavy atom. The Morgan fingerprint density at radius 2 is 2.33 bits per heavy atom. The van der Waals surface area contributed by atoms with E-state index in [4.69, 9.17) is 10.5 Å². The van der Waals surface area contributed by atoms with Crippen LogP contribution in [0.3, 0.4) is 0 Å². The Labute approximate surface area is 90.3 Å². The van der Waals surface area contributed by atoms with Crippen LogP contribution in [0.15, 0.2) is 29.8 Å². The van der Waals surface area contributed by atoms with E-state index in [1.54, 1.807) is 23.7 Å². The quantitative estimate of drug-likeness (QED) is 0.871. The largest absolute Gasteiger partial charge is 0.428 e. The van der Waals surface area contributed by atoms with E-state index in [2.05, 4.69) is 4.98 Å². The second kappa shape index (κ2) is 4.37. The summed E-state index contributed by atoms with van der Waals surface area (Å²) in [7, 11) is 0. The molecule has 0 radical (unpaired) electrons. The fourth-order valence-electron chi connectivity index (χ4n) is 1.11. The first kappa shape index (κ1) is 10.1. The molecule has 0 saturated carbocycles. The summed E-state index contributed by atoms with van der Waals surface area (Å²) in [5, 5.41) is 2.19. The molecule has 78 valence electrons. The lowest BCUT2D eigenvalue weighted by molar-refractivity contribution is 0.439. The Hall–Kier alpha value is -1.46. The van der Waals surface area contributed by atoms with Crippen LogP contribution in [0, 0.1) is 5.82 Å². The van der Waals surface area contributed by atoms with Crippen molar-refractivity contribution in [1.82, 2.24) is 4.98 Å². The Morgan fingerprint density at radius 1 is 1.47 bits per heavy atom. The zero-order valence-corrected chi connectivity index (χ0v) is 8.63. The minimum absolute atomic E-state index is 0.169. The smallest absolute Gasteiger partial charge is 0.278 e. The molecule has 2 rings (SSSR count). The van der Waals surface area contributed by atoms with Crippen molar-refractivity contribution < 1.29 is 9.13 Å². The summed E-state index contributed by atoms with van der Waals surface area (Å²) in [6, 6.07) is 4.65. The first-order valence-corrected chi connectivity index (χ1v) is 5.23. The number of halogens is 1. The van der Waals surface area contributed by atoms with Gasteiger partial charge in [-0.25, -0.2) is 9.37 Å². The van der Waals surface area contributed by atoms with Gasteiger partial charge in [0.2, 0.25) is 0 Å². The van der Waals surface area contributed by atoms with Crippen molar-refractivity contribution in [2.45, 2.75) is 6.54 Å². The van der Waals surface area contributed by atoms with E-state index in [0.717, 1.165) is 5.56 Å². The maximum absolute atomic E-state index is 13.4. The molecule has 0 aliphatic rings. The summed E-state index contributed by atoms with van der Waals surface area (Å²) in [6.07, 6.45) is 1.60. The zero-order chi connectivity index (χ0) is 10.7. The predicted molar refractivity (Wildman–Crippen MR) is 56.5 cm³/mol. The third-order valence-corrected chi connectivity index (χ3v) is 2.49. The van der Waals surface area contributed by atoms with Crippen LogP contribution < -0.4 is 10.5 Å². The lowest BCUT2D eigenvalue weighted by atomic mass is 10.2. The summed E-state index contributed by atoms with van der Waals surface area (Å²) < 4.78 is 18.7. The monoisotopic (exact) mass is 224 g/mol. The van der Waals surface area contributed by atoms with Crippen LogP contribution >= 0.6 is 11.3 Å². The van der Waals surface area contributed by atoms with Crippen molar-refractivity contribution in [3.63, 3.8) is 0 Å². The minimum atomic E-state index is -0.423. The van der Waals surface area contributed by atoms with E-state index < -0.39 is 5.82 Å². The van der Waals surface area contributed by atoms with Crippen molar-refractivity contribution in [3.8, 4) is 10.9 Å². The van der Waals surface area contributed by atoms with Gasteiger partial charge in [-0.15, -0.1) is 0 Å². The molecule has 2 aromatic rings. The summed E-state index contributed by atoms with van der Waals surface area (Å²) in [6.45, 7) is 0.314. The van der Waals surface area contributed by atoms with Gasteiger partial charge in [0.15, 0.2) is 11.6 Å². The highest BCUT2D eigenvalue weighted by Crippen LogP contribution is 2.26. The Bertz CT molecular complexity index is 445. The van der Waals surface area contributed by atoms with E-state index in [1.807, 2.05) is 0 Å². The first-order chi connectivity index (χ1) is 7.29. The van der Waals surface area contributed by atoms with Gasteiger partial charge in [-0.1, -0.05) is 17.4 Å². The van der Waals surface area contributed by atoms with Crippen molar-refractivity contribution in [2.24, 2.45) is 5.73 Å². The molecule has 0 spiro atoms. The van der Waals surface area contributed by atoms with Gasteiger partial charge in [-0.05, 0) is 17.7 Å². The van der Waals surface area contributed by atoms with E-state index in [0.29, 0.717) is 11.7 Å². The summed E-state index contributed by atoms with van der Waals surface area (Å²) >= 11 is 1.31. The van der Waals surface area contributed by atoms with Crippen molar-refractivity contribution in [2.75, 3.05) is 0 Å². The maximum atomic E-state index is 13.4. The van der Waals surface area contributed by atoms with Crippen molar-refractivity contribution >= 4 is 11.3 Å². The van der Waals surface area contributed by atoms with Gasteiger partial charge in [-0.3, -0.25) is 0 Å². The molecule has 1 aromatic heterocycles. The maximum Gasteiger partial charge on any atom is 0.278 e. The zero-order valence-electron chi connectivity index (χ0n) is 7.81. The van der Waals surface area contributed by atoms with Crippen LogP contribution in [-0.2, 0) is 6.54 Å². The van der Waals surface area contributed by atoms with Crippen LogP contribution in [0.1, 0.15) is 5.56 Å². The lowest BCUT2D eigenvalue weighted by Gasteiger charge is -2.04. The van der Waals surface area contributed by atoms with E-state index in [1.165, 1.54) is 17.4 Å². The number of ether oxygens (including phenoxy) is 1. The molecule has 0 atom stereocenters. The van der Waals surface area contributed by atoms with E-state index in [9.17, 15) is 4.39 Å². The fourth-order valence-corrected chi connectivity index (χ4v) is 1.61. The van der Waals surface area contributed by atoms with Gasteiger partial charge < -0.3 is 10.5 Å². The first-order valence-electron chi connectivity index (χ1n) is 4.35. The number of hydrogen-bond donors (Lipinski definition) is 1. The predicted octanol–water partition coefficient (Wildman–Crippen LogP) is 2.53. The van der Waals surface area contributed by atoms with Gasteiger partial charge >= 0.3 is 0 Å². The van der Waals surface area contributed by atoms with Crippen LogP contribution in [0.25, 0.3) is 0 Å². The van der Waals surface area contributed by atoms with Crippen LogP contribution in [0.5, 0.6) is 10.9 Å². The second-order valence-electron chi connectivity index (χ2n) is 2.87. The topological polar surface area (TPSA) is 48.1 Å². The van der Waals surface area contributed by atoms with Crippen LogP contribution in [0.2, 0.25) is 0 Å². The molecule has 1 heterocycles. The molecule has 0 unspecified atom stereocenters. The number of nitrogens with two attached hydrogens (primary N) is 1. The third-order valence-electron chi connectivity index (χ3n) is 1.84. The lowest BCUT2D eigenvalue weighted by Crippen LogP contribution is -1.97. The number of nitrogens with zero attached hydrogens (tertiary/aromatic N) is 1. The van der Waals surface area contributed by atoms with Gasteiger partial charge in [0.25, 0.3) is 5.19 Å². The van der Waals surface area contributed by atoms with Gasteiger partial charge in [0.05, 0.1) is 0 Å². The average molecular weight is 224 g/mol. The standard InChI is InChI=1S/C10H9FN2OS/c11-8-5-7(6-12)1-2-9(8)14-10-13-3-4-15-10/h1-5H,6,12H2. The summed E-state index contributed by atoms with van der Waals surface area (Å²) in [4.78, 5) is 3.90. The van der Waals surface area contributed by atoms with Crippen LogP contribution in [0.4, 0.5) is 4.39 Å². The SMILES string of the molecule is NCc1ccc(Oc2nccs2)c(F)c1. The number of benzene rings is 1. The summed E-state index contributed by atoms with van der Waals surface area (Å²) in [5.41, 5.74) is 6.12. The molecule has 0 amide bonds. The third kappa shape index (κ3) is 2.31. The number of hydrogen-bond acceptors (Lipinski definition) is 4. The van der Waals surface area contributed by atoms with E-state index >= 15 is 0 Å². The highest BCUT2D eigenvalue weighted by Gasteiger charge is 2.06. The molecule has 3 nitrogen and oxygen atoms in total. The van der Waals surface area contributed by atoms with Crippen LogP contribution in [-0.4, -0.2) is 4.98 Å². The molecule has 1 aromatic carbocycles. The van der Waals surface area contributed by atoms with E-state index in [-0.39, 0.29) is 5.75 Å². The number of thiazole rings is 1. The fraction of sp³-hybridized carbons (Fsp3) is 0.100. The Balaban J connectivity index is 2.22.